The minimum Gasteiger partial charge on any atom is -0.480 e. The van der Waals surface area contributed by atoms with E-state index in [0.29, 0.717) is 17.8 Å². The molecule has 31 heavy (non-hydrogen) atoms. The average molecular weight is 440 g/mol. The van der Waals surface area contributed by atoms with Gasteiger partial charge in [-0.1, -0.05) is 30.3 Å². The van der Waals surface area contributed by atoms with Crippen LogP contribution in [-0.2, 0) is 22.6 Å². The lowest BCUT2D eigenvalue weighted by Crippen LogP contribution is -2.31. The molecule has 0 bridgehead atoms. The first-order valence-corrected chi connectivity index (χ1v) is 10.2. The second-order valence-corrected chi connectivity index (χ2v) is 7.36. The highest BCUT2D eigenvalue weighted by Gasteiger charge is 2.16. The van der Waals surface area contributed by atoms with Crippen LogP contribution < -0.4 is 14.9 Å². The number of nitrogens with one attached hydrogen (secondary N) is 2. The van der Waals surface area contributed by atoms with Gasteiger partial charge in [-0.15, -0.1) is 0 Å². The molecular formula is C21H20N4O5S. The molecule has 2 aromatic carbocycles. The summed E-state index contributed by atoms with van der Waals surface area (Å²) in [6.07, 6.45) is 3.32. The van der Waals surface area contributed by atoms with E-state index >= 15 is 0 Å². The van der Waals surface area contributed by atoms with Gasteiger partial charge in [-0.3, -0.25) is 18.6 Å². The van der Waals surface area contributed by atoms with Crippen molar-refractivity contribution in [2.24, 2.45) is 0 Å². The molecular weight excluding hydrogens is 420 g/mol. The zero-order chi connectivity index (χ0) is 22.2. The number of hydrogen-bond donors (Lipinski definition) is 4. The number of benzene rings is 2. The Balaban J connectivity index is 1.73. The molecule has 3 rings (SSSR count). The summed E-state index contributed by atoms with van der Waals surface area (Å²) in [6, 6.07) is 16.9. The highest BCUT2D eigenvalue weighted by Crippen LogP contribution is 2.27. The van der Waals surface area contributed by atoms with Gasteiger partial charge in [-0.05, 0) is 47.0 Å². The van der Waals surface area contributed by atoms with E-state index in [1.54, 1.807) is 60.9 Å². The number of anilines is 2. The average Bonchev–Trinajstić information content (AvgIpc) is 2.77. The zero-order valence-corrected chi connectivity index (χ0v) is 17.1. The van der Waals surface area contributed by atoms with Crippen LogP contribution in [0.1, 0.15) is 5.56 Å². The summed E-state index contributed by atoms with van der Waals surface area (Å²) in [5.41, 5.74) is 3.15. The number of pyridine rings is 1. The summed E-state index contributed by atoms with van der Waals surface area (Å²) >= 11 is -2.49. The molecule has 1 unspecified atom stereocenters. The molecule has 4 N–H and O–H groups in total. The van der Waals surface area contributed by atoms with Crippen LogP contribution in [0.3, 0.4) is 0 Å². The summed E-state index contributed by atoms with van der Waals surface area (Å²) in [4.78, 5) is 27.2. The summed E-state index contributed by atoms with van der Waals surface area (Å²) in [5, 5.41) is 14.5. The highest BCUT2D eigenvalue weighted by molar-refractivity contribution is 7.80. The molecule has 2 amide bonds. The fraction of sp³-hybridized carbons (Fsp3) is 0.0952. The van der Waals surface area contributed by atoms with Gasteiger partial charge in [0.2, 0.25) is 0 Å². The molecule has 0 saturated carbocycles. The molecule has 0 aliphatic heterocycles. The third-order valence-corrected chi connectivity index (χ3v) is 4.95. The first kappa shape index (κ1) is 21.9. The fourth-order valence-electron chi connectivity index (χ4n) is 2.84. The molecule has 0 aliphatic carbocycles. The van der Waals surface area contributed by atoms with Crippen molar-refractivity contribution in [2.45, 2.75) is 6.54 Å². The summed E-state index contributed by atoms with van der Waals surface area (Å²) in [6.45, 7) is -0.287. The maximum Gasteiger partial charge on any atom is 0.324 e. The predicted molar refractivity (Wildman–Crippen MR) is 118 cm³/mol. The lowest BCUT2D eigenvalue weighted by molar-refractivity contribution is -0.135. The number of aliphatic carboxylic acids is 1. The van der Waals surface area contributed by atoms with E-state index in [4.69, 9.17) is 5.11 Å². The number of hydrogen-bond acceptors (Lipinski definition) is 4. The Hall–Kier alpha value is -3.76. The lowest BCUT2D eigenvalue weighted by atomic mass is 10.0. The molecule has 3 aromatic rings. The number of amides is 2. The molecule has 0 fully saturated rings. The normalized spacial score (nSPS) is 11.4. The third kappa shape index (κ3) is 6.36. The third-order valence-electron chi connectivity index (χ3n) is 4.23. The number of carboxylic acid groups (broad SMARTS) is 1. The van der Waals surface area contributed by atoms with Gasteiger partial charge in [0.15, 0.2) is 0 Å². The molecule has 10 heteroatoms. The van der Waals surface area contributed by atoms with Crippen molar-refractivity contribution in [3.8, 4) is 11.1 Å². The molecule has 160 valence electrons. The Morgan fingerprint density at radius 3 is 2.45 bits per heavy atom. The van der Waals surface area contributed by atoms with Gasteiger partial charge in [0.25, 0.3) is 11.3 Å². The number of nitrogens with zero attached hydrogens (tertiary/aromatic N) is 2. The summed E-state index contributed by atoms with van der Waals surface area (Å²) < 4.78 is 21.8. The predicted octanol–water partition coefficient (Wildman–Crippen LogP) is 3.10. The smallest absolute Gasteiger partial charge is 0.324 e. The molecule has 0 saturated heterocycles. The summed E-state index contributed by atoms with van der Waals surface area (Å²) in [5.74, 6) is -1.23. The maximum atomic E-state index is 12.2. The van der Waals surface area contributed by atoms with Crippen LogP contribution >= 0.6 is 0 Å². The molecule has 0 spiro atoms. The van der Waals surface area contributed by atoms with Gasteiger partial charge in [0, 0.05) is 24.6 Å². The summed E-state index contributed by atoms with van der Waals surface area (Å²) in [7, 11) is 0. The number of carbonyl (C=O) groups is 2. The Morgan fingerprint density at radius 1 is 1.03 bits per heavy atom. The van der Waals surface area contributed by atoms with Gasteiger partial charge in [0.1, 0.15) is 6.54 Å². The van der Waals surface area contributed by atoms with Crippen molar-refractivity contribution >= 4 is 34.6 Å². The second kappa shape index (κ2) is 10.3. The van der Waals surface area contributed by atoms with E-state index in [1.165, 1.54) is 0 Å². The Morgan fingerprint density at radius 2 is 1.77 bits per heavy atom. The van der Waals surface area contributed by atoms with E-state index in [1.807, 2.05) is 12.1 Å². The number of rotatable bonds is 8. The lowest BCUT2D eigenvalue weighted by Gasteiger charge is -2.18. The van der Waals surface area contributed by atoms with Crippen LogP contribution in [0.15, 0.2) is 73.1 Å². The van der Waals surface area contributed by atoms with E-state index in [-0.39, 0.29) is 11.7 Å². The molecule has 1 heterocycles. The van der Waals surface area contributed by atoms with Gasteiger partial charge in [-0.2, -0.15) is 0 Å². The van der Waals surface area contributed by atoms with Crippen LogP contribution in [0.25, 0.3) is 11.1 Å². The van der Waals surface area contributed by atoms with Crippen LogP contribution in [0.2, 0.25) is 0 Å². The first-order valence-electron chi connectivity index (χ1n) is 9.17. The van der Waals surface area contributed by atoms with Gasteiger partial charge >= 0.3 is 12.0 Å². The fourth-order valence-corrected chi connectivity index (χ4v) is 3.35. The van der Waals surface area contributed by atoms with Crippen molar-refractivity contribution < 1.29 is 23.5 Å². The van der Waals surface area contributed by atoms with Crippen LogP contribution in [-0.4, -0.2) is 37.4 Å². The standard InChI is InChI=1S/C21H20N4O5S/c26-20(27)14-25(31(29)30)19-8-2-6-17(11-19)16-5-1-7-18(10-16)24-21(28)23-13-15-4-3-9-22-12-15/h1-12H,13-14H2,(H,26,27)(H,29,30)(H2,23,24,28). The largest absolute Gasteiger partial charge is 0.480 e. The Labute approximate surface area is 181 Å². The highest BCUT2D eigenvalue weighted by atomic mass is 32.2. The van der Waals surface area contributed by atoms with E-state index in [9.17, 15) is 18.4 Å². The maximum absolute atomic E-state index is 12.2. The Bertz CT molecular complexity index is 1090. The van der Waals surface area contributed by atoms with Crippen molar-refractivity contribution in [1.29, 1.82) is 0 Å². The molecule has 0 aliphatic rings. The van der Waals surface area contributed by atoms with Gasteiger partial charge in [0.05, 0.1) is 5.69 Å². The molecule has 1 atom stereocenters. The van der Waals surface area contributed by atoms with Crippen LogP contribution in [0.5, 0.6) is 0 Å². The number of urea groups is 1. The quantitative estimate of drug-likeness (QED) is 0.398. The van der Waals surface area contributed by atoms with Crippen LogP contribution in [0.4, 0.5) is 16.2 Å². The SMILES string of the molecule is O=C(O)CN(c1cccc(-c2cccc(NC(=O)NCc3cccnc3)c2)c1)S(=O)O. The van der Waals surface area contributed by atoms with Crippen molar-refractivity contribution in [2.75, 3.05) is 16.2 Å². The number of carboxylic acids is 1. The number of carbonyl (C=O) groups excluding carboxylic acids is 1. The molecule has 0 radical (unpaired) electrons. The number of aromatic nitrogens is 1. The molecule has 9 nitrogen and oxygen atoms in total. The van der Waals surface area contributed by atoms with E-state index in [2.05, 4.69) is 15.6 Å². The first-order chi connectivity index (χ1) is 14.9. The van der Waals surface area contributed by atoms with Crippen molar-refractivity contribution in [3.05, 3.63) is 78.6 Å². The minimum atomic E-state index is -2.49. The monoisotopic (exact) mass is 440 g/mol. The van der Waals surface area contributed by atoms with E-state index in [0.717, 1.165) is 15.4 Å². The zero-order valence-electron chi connectivity index (χ0n) is 16.3. The van der Waals surface area contributed by atoms with Crippen molar-refractivity contribution in [3.63, 3.8) is 0 Å². The Kier molecular flexibility index (Phi) is 7.31. The minimum absolute atomic E-state index is 0.285. The van der Waals surface area contributed by atoms with Crippen LogP contribution in [0, 0.1) is 0 Å². The van der Waals surface area contributed by atoms with E-state index < -0.39 is 23.8 Å². The van der Waals surface area contributed by atoms with Gasteiger partial charge < -0.3 is 15.7 Å². The van der Waals surface area contributed by atoms with Gasteiger partial charge in [-0.25, -0.2) is 9.00 Å². The van der Waals surface area contributed by atoms with Crippen molar-refractivity contribution in [1.82, 2.24) is 10.3 Å². The molecule has 1 aromatic heterocycles. The topological polar surface area (TPSA) is 132 Å². The second-order valence-electron chi connectivity index (χ2n) is 6.46.